The maximum Gasteiger partial charge on any atom is 0.305 e. The summed E-state index contributed by atoms with van der Waals surface area (Å²) in [5, 5.41) is 54.5. The molecule has 1 saturated heterocycles. The first-order valence-electron chi connectivity index (χ1n) is 34.3. The maximum absolute atomic E-state index is 13.1. The monoisotopic (exact) mass is 1130 g/mol. The third kappa shape index (κ3) is 47.3. The van der Waals surface area contributed by atoms with Gasteiger partial charge in [-0.15, -0.1) is 0 Å². The van der Waals surface area contributed by atoms with E-state index in [0.717, 1.165) is 64.2 Å². The highest BCUT2D eigenvalue weighted by atomic mass is 16.7. The summed E-state index contributed by atoms with van der Waals surface area (Å²) in [6.45, 7) is 4.36. The van der Waals surface area contributed by atoms with Gasteiger partial charge in [0.25, 0.3) is 0 Å². The number of aliphatic hydroxyl groups excluding tert-OH is 5. The number of hydrogen-bond donors (Lipinski definition) is 6. The number of ether oxygens (including phenoxy) is 3. The van der Waals surface area contributed by atoms with Gasteiger partial charge in [0.15, 0.2) is 6.29 Å². The van der Waals surface area contributed by atoms with Crippen LogP contribution in [0.3, 0.4) is 0 Å². The minimum Gasteiger partial charge on any atom is -0.466 e. The van der Waals surface area contributed by atoms with Gasteiger partial charge in [-0.05, 0) is 64.2 Å². The van der Waals surface area contributed by atoms with E-state index in [0.29, 0.717) is 19.4 Å². The quantitative estimate of drug-likeness (QED) is 0.0195. The predicted molar refractivity (Wildman–Crippen MR) is 334 cm³/mol. The molecule has 1 aliphatic heterocycles. The summed E-state index contributed by atoms with van der Waals surface area (Å²) in [5.74, 6) is -0.182. The summed E-state index contributed by atoms with van der Waals surface area (Å²) in [5.41, 5.74) is 0. The molecule has 0 aromatic rings. The van der Waals surface area contributed by atoms with Crippen molar-refractivity contribution >= 4 is 11.9 Å². The molecule has 0 aromatic heterocycles. The SMILES string of the molecule is CCCCCCCCCCCCCC/C=C/C(O)C(COC1OC(CO)C(O)C(O)C1O)NC(=O)CCCCCCCCCCCCC/C=C\C/C=C\CCCCCCCCCCCOC(=O)CCCCCCCCCCCCC. The lowest BCUT2D eigenvalue weighted by atomic mass is 9.99. The molecule has 11 heteroatoms. The topological polar surface area (TPSA) is 175 Å². The molecule has 1 heterocycles. The van der Waals surface area contributed by atoms with Crippen LogP contribution in [0.5, 0.6) is 0 Å². The summed E-state index contributed by atoms with van der Waals surface area (Å²) in [6.07, 6.45) is 64.0. The number of allylic oxidation sites excluding steroid dienone is 5. The van der Waals surface area contributed by atoms with Crippen molar-refractivity contribution in [2.24, 2.45) is 0 Å². The van der Waals surface area contributed by atoms with Gasteiger partial charge in [0.1, 0.15) is 24.4 Å². The number of carbonyl (C=O) groups excluding carboxylic acids is 2. The Balaban J connectivity index is 2.03. The van der Waals surface area contributed by atoms with Gasteiger partial charge >= 0.3 is 5.97 Å². The van der Waals surface area contributed by atoms with Crippen LogP contribution < -0.4 is 5.32 Å². The number of amides is 1. The number of rotatable bonds is 60. The first-order valence-corrected chi connectivity index (χ1v) is 34.3. The molecule has 6 N–H and O–H groups in total. The van der Waals surface area contributed by atoms with Crippen molar-refractivity contribution in [1.29, 1.82) is 0 Å². The largest absolute Gasteiger partial charge is 0.466 e. The number of nitrogens with one attached hydrogen (secondary N) is 1. The van der Waals surface area contributed by atoms with E-state index in [4.69, 9.17) is 14.2 Å². The lowest BCUT2D eigenvalue weighted by molar-refractivity contribution is -0.302. The molecule has 1 rings (SSSR count). The molecule has 470 valence electrons. The number of aliphatic hydroxyl groups is 5. The van der Waals surface area contributed by atoms with Crippen LogP contribution in [-0.2, 0) is 23.8 Å². The van der Waals surface area contributed by atoms with Crippen molar-refractivity contribution in [3.05, 3.63) is 36.5 Å². The van der Waals surface area contributed by atoms with Crippen LogP contribution in [-0.4, -0.2) is 100 Å². The minimum atomic E-state index is -1.57. The van der Waals surface area contributed by atoms with Crippen LogP contribution in [0.1, 0.15) is 328 Å². The molecule has 0 aliphatic carbocycles. The second kappa shape index (κ2) is 58.6. The highest BCUT2D eigenvalue weighted by Gasteiger charge is 2.44. The molecule has 11 nitrogen and oxygen atoms in total. The second-order valence-electron chi connectivity index (χ2n) is 23.9. The molecule has 7 atom stereocenters. The molecular formula is C69H129NO10. The highest BCUT2D eigenvalue weighted by Crippen LogP contribution is 2.23. The smallest absolute Gasteiger partial charge is 0.305 e. The Bertz CT molecular complexity index is 1420. The van der Waals surface area contributed by atoms with Gasteiger partial charge in [0.2, 0.25) is 5.91 Å². The van der Waals surface area contributed by atoms with Gasteiger partial charge in [0.05, 0.1) is 32.0 Å². The second-order valence-corrected chi connectivity index (χ2v) is 23.9. The molecular weight excluding hydrogens is 1000 g/mol. The number of unbranched alkanes of at least 4 members (excludes halogenated alkanes) is 42. The first kappa shape index (κ1) is 75.9. The summed E-state index contributed by atoms with van der Waals surface area (Å²) in [6, 6.07) is -0.813. The van der Waals surface area contributed by atoms with Crippen molar-refractivity contribution in [3.8, 4) is 0 Å². The van der Waals surface area contributed by atoms with Crippen LogP contribution >= 0.6 is 0 Å². The fourth-order valence-electron chi connectivity index (χ4n) is 10.8. The van der Waals surface area contributed by atoms with Gasteiger partial charge in [-0.3, -0.25) is 9.59 Å². The Morgan fingerprint density at radius 1 is 0.463 bits per heavy atom. The summed E-state index contributed by atoms with van der Waals surface area (Å²) >= 11 is 0. The van der Waals surface area contributed by atoms with Gasteiger partial charge in [-0.2, -0.15) is 0 Å². The van der Waals surface area contributed by atoms with Crippen LogP contribution in [0.2, 0.25) is 0 Å². The molecule has 0 saturated carbocycles. The van der Waals surface area contributed by atoms with E-state index in [1.165, 1.54) is 238 Å². The molecule has 0 aromatic carbocycles. The van der Waals surface area contributed by atoms with Crippen LogP contribution in [0.25, 0.3) is 0 Å². The lowest BCUT2D eigenvalue weighted by Gasteiger charge is -2.40. The van der Waals surface area contributed by atoms with Crippen molar-refractivity contribution in [2.45, 2.75) is 371 Å². The van der Waals surface area contributed by atoms with E-state index < -0.39 is 49.5 Å². The number of carbonyl (C=O) groups is 2. The molecule has 7 unspecified atom stereocenters. The molecule has 0 bridgehead atoms. The van der Waals surface area contributed by atoms with E-state index in [9.17, 15) is 35.1 Å². The number of esters is 1. The Kier molecular flexibility index (Phi) is 55.6. The Morgan fingerprint density at radius 3 is 1.26 bits per heavy atom. The Hall–Kier alpha value is -2.12. The zero-order chi connectivity index (χ0) is 58.0. The van der Waals surface area contributed by atoms with Crippen molar-refractivity contribution < 1.29 is 49.3 Å². The van der Waals surface area contributed by atoms with Crippen molar-refractivity contribution in [1.82, 2.24) is 5.32 Å². The predicted octanol–water partition coefficient (Wildman–Crippen LogP) is 17.0. The summed E-state index contributed by atoms with van der Waals surface area (Å²) in [4.78, 5) is 25.1. The minimum absolute atomic E-state index is 0.000967. The molecule has 1 amide bonds. The summed E-state index contributed by atoms with van der Waals surface area (Å²) < 4.78 is 16.7. The molecule has 1 fully saturated rings. The third-order valence-electron chi connectivity index (χ3n) is 16.2. The van der Waals surface area contributed by atoms with E-state index in [-0.39, 0.29) is 18.5 Å². The van der Waals surface area contributed by atoms with Gasteiger partial charge in [-0.1, -0.05) is 288 Å². The average Bonchev–Trinajstić information content (AvgIpc) is 3.47. The first-order chi connectivity index (χ1) is 39.2. The van der Waals surface area contributed by atoms with E-state index in [2.05, 4.69) is 43.5 Å². The summed E-state index contributed by atoms with van der Waals surface area (Å²) in [7, 11) is 0. The van der Waals surface area contributed by atoms with Crippen molar-refractivity contribution in [2.75, 3.05) is 19.8 Å². The van der Waals surface area contributed by atoms with Gasteiger partial charge in [0, 0.05) is 12.8 Å². The molecule has 0 spiro atoms. The van der Waals surface area contributed by atoms with Gasteiger partial charge in [-0.25, -0.2) is 0 Å². The highest BCUT2D eigenvalue weighted by molar-refractivity contribution is 5.76. The van der Waals surface area contributed by atoms with E-state index >= 15 is 0 Å². The van der Waals surface area contributed by atoms with Crippen molar-refractivity contribution in [3.63, 3.8) is 0 Å². The number of hydrogen-bond acceptors (Lipinski definition) is 10. The lowest BCUT2D eigenvalue weighted by Crippen LogP contribution is -2.60. The third-order valence-corrected chi connectivity index (χ3v) is 16.2. The molecule has 80 heavy (non-hydrogen) atoms. The van der Waals surface area contributed by atoms with Crippen LogP contribution in [0, 0.1) is 0 Å². The van der Waals surface area contributed by atoms with E-state index in [1.54, 1.807) is 6.08 Å². The zero-order valence-electron chi connectivity index (χ0n) is 52.1. The van der Waals surface area contributed by atoms with Crippen LogP contribution in [0.15, 0.2) is 36.5 Å². The fourth-order valence-corrected chi connectivity index (χ4v) is 10.8. The normalized spacial score (nSPS) is 18.5. The maximum atomic E-state index is 13.1. The Morgan fingerprint density at radius 2 is 0.838 bits per heavy atom. The van der Waals surface area contributed by atoms with Crippen LogP contribution in [0.4, 0.5) is 0 Å². The fraction of sp³-hybridized carbons (Fsp3) is 0.884. The standard InChI is InChI=1S/C69H129NO10/c1-3-5-7-9-11-13-15-16-32-36-39-43-47-51-55-62(72)61(60-79-69-68(77)67(76)66(75)63(59-71)80-69)70-64(73)56-52-48-44-40-37-33-30-28-26-24-22-20-18-17-19-21-23-25-27-29-31-34-38-42-46-50-54-58-78-65(74)57-53-49-45-41-35-14-12-10-8-6-4-2/h17-18,21,23,51,55,61-63,66-69,71-72,75-77H,3-16,19-20,22,24-50,52-54,56-60H2,1-2H3,(H,70,73)/b18-17-,23-21-,55-51+. The average molecular weight is 1130 g/mol. The Labute approximate surface area is 492 Å². The van der Waals surface area contributed by atoms with E-state index in [1.807, 2.05) is 6.08 Å². The zero-order valence-corrected chi connectivity index (χ0v) is 52.1. The molecule has 0 radical (unpaired) electrons. The van der Waals surface area contributed by atoms with Gasteiger partial charge < -0.3 is 45.1 Å². The molecule has 1 aliphatic rings.